The Kier molecular flexibility index (Phi) is 13.4. The molecule has 0 aliphatic carbocycles. The van der Waals surface area contributed by atoms with E-state index in [0.29, 0.717) is 19.8 Å². The fraction of sp³-hybridized carbons (Fsp3) is 0.667. The number of nitrogens with zero attached hydrogens (tertiary/aromatic N) is 2. The number of hydrogen-bond donors (Lipinski definition) is 2. The van der Waals surface area contributed by atoms with Crippen molar-refractivity contribution in [2.45, 2.75) is 38.3 Å². The van der Waals surface area contributed by atoms with Crippen molar-refractivity contribution in [3.8, 4) is 0 Å². The Balaban J connectivity index is 0.00000420. The molecule has 1 fully saturated rings. The smallest absolute Gasteiger partial charge is 0.191 e. The van der Waals surface area contributed by atoms with Crippen LogP contribution in [0.4, 0.5) is 4.39 Å². The summed E-state index contributed by atoms with van der Waals surface area (Å²) in [6.45, 7) is 6.49. The van der Waals surface area contributed by atoms with Crippen LogP contribution in [0.15, 0.2) is 29.3 Å². The van der Waals surface area contributed by atoms with Crippen molar-refractivity contribution < 1.29 is 13.9 Å². The highest BCUT2D eigenvalue weighted by atomic mass is 127. The number of ether oxygens (including phenoxy) is 2. The molecular formula is C21H36FIN4O2. The summed E-state index contributed by atoms with van der Waals surface area (Å²) in [6, 6.07) is 6.72. The molecule has 0 spiro atoms. The molecule has 1 aliphatic rings. The van der Waals surface area contributed by atoms with Gasteiger partial charge in [0.25, 0.3) is 0 Å². The topological polar surface area (TPSA) is 58.1 Å². The summed E-state index contributed by atoms with van der Waals surface area (Å²) in [5, 5.41) is 6.63. The monoisotopic (exact) mass is 522 g/mol. The van der Waals surface area contributed by atoms with Gasteiger partial charge in [-0.25, -0.2) is 4.39 Å². The van der Waals surface area contributed by atoms with Crippen molar-refractivity contribution in [1.82, 2.24) is 15.5 Å². The Morgan fingerprint density at radius 1 is 1.31 bits per heavy atom. The van der Waals surface area contributed by atoms with Crippen molar-refractivity contribution in [3.63, 3.8) is 0 Å². The van der Waals surface area contributed by atoms with Crippen LogP contribution in [-0.4, -0.2) is 70.5 Å². The normalized spacial score (nSPS) is 17.8. The van der Waals surface area contributed by atoms with E-state index in [1.165, 1.54) is 12.1 Å². The minimum Gasteiger partial charge on any atom is -0.379 e. The first kappa shape index (κ1) is 26.1. The lowest BCUT2D eigenvalue weighted by atomic mass is 10.1. The zero-order chi connectivity index (χ0) is 20.2. The number of aliphatic imine (C=N–C) groups is 1. The summed E-state index contributed by atoms with van der Waals surface area (Å²) in [4.78, 5) is 6.81. The Hall–Kier alpha value is -0.970. The summed E-state index contributed by atoms with van der Waals surface area (Å²) in [7, 11) is 4.02. The number of rotatable bonds is 11. The van der Waals surface area contributed by atoms with Crippen LogP contribution < -0.4 is 10.6 Å². The molecule has 2 rings (SSSR count). The van der Waals surface area contributed by atoms with Crippen molar-refractivity contribution in [2.75, 3.05) is 53.6 Å². The number of halogens is 2. The number of guanidine groups is 1. The van der Waals surface area contributed by atoms with Crippen LogP contribution in [0, 0.1) is 5.82 Å². The third-order valence-corrected chi connectivity index (χ3v) is 4.73. The van der Waals surface area contributed by atoms with E-state index in [-0.39, 0.29) is 41.9 Å². The van der Waals surface area contributed by atoms with Crippen LogP contribution in [0.3, 0.4) is 0 Å². The van der Waals surface area contributed by atoms with Crippen LogP contribution in [0.2, 0.25) is 0 Å². The molecular weight excluding hydrogens is 486 g/mol. The maximum absolute atomic E-state index is 13.2. The molecule has 1 saturated heterocycles. The highest BCUT2D eigenvalue weighted by Gasteiger charge is 2.15. The maximum atomic E-state index is 13.2. The van der Waals surface area contributed by atoms with Crippen LogP contribution in [0.5, 0.6) is 0 Å². The van der Waals surface area contributed by atoms with Gasteiger partial charge in [-0.05, 0) is 58.0 Å². The zero-order valence-electron chi connectivity index (χ0n) is 17.8. The third-order valence-electron chi connectivity index (χ3n) is 4.73. The van der Waals surface area contributed by atoms with Gasteiger partial charge < -0.3 is 25.0 Å². The maximum Gasteiger partial charge on any atom is 0.191 e. The van der Waals surface area contributed by atoms with E-state index in [2.05, 4.69) is 15.5 Å². The van der Waals surface area contributed by atoms with Gasteiger partial charge in [0.05, 0.1) is 25.3 Å². The Morgan fingerprint density at radius 2 is 2.07 bits per heavy atom. The van der Waals surface area contributed by atoms with Gasteiger partial charge >= 0.3 is 0 Å². The Morgan fingerprint density at radius 3 is 2.69 bits per heavy atom. The zero-order valence-corrected chi connectivity index (χ0v) is 20.2. The molecule has 8 heteroatoms. The third kappa shape index (κ3) is 10.1. The lowest BCUT2D eigenvalue weighted by Crippen LogP contribution is -2.39. The van der Waals surface area contributed by atoms with E-state index in [1.807, 2.05) is 33.2 Å². The summed E-state index contributed by atoms with van der Waals surface area (Å²) in [5.41, 5.74) is 1.05. The summed E-state index contributed by atoms with van der Waals surface area (Å²) < 4.78 is 24.4. The van der Waals surface area contributed by atoms with Gasteiger partial charge in [0.15, 0.2) is 5.96 Å². The average molecular weight is 522 g/mol. The van der Waals surface area contributed by atoms with Crippen molar-refractivity contribution in [2.24, 2.45) is 4.99 Å². The molecule has 2 unspecified atom stereocenters. The molecule has 2 N–H and O–H groups in total. The minimum atomic E-state index is -0.221. The van der Waals surface area contributed by atoms with Crippen LogP contribution in [-0.2, 0) is 9.47 Å². The number of likely N-dealkylation sites (N-methyl/N-ethyl adjacent to an activating group) is 1. The SMILES string of the molecule is CCNC(=NCC(c1ccc(F)cc1)N(C)C)NCCCOCC1CCCO1.I. The standard InChI is InChI=1S/C21H35FN4O2.HI/c1-4-23-21(24-12-6-13-27-16-19-7-5-14-28-19)25-15-20(26(2)3)17-8-10-18(22)11-9-17;/h8-11,19-20H,4-7,12-16H2,1-3H3,(H2,23,24,25);1H. The van der Waals surface area contributed by atoms with Crippen molar-refractivity contribution in [1.29, 1.82) is 0 Å². The second-order valence-corrected chi connectivity index (χ2v) is 7.24. The fourth-order valence-corrected chi connectivity index (χ4v) is 3.14. The molecule has 1 aromatic carbocycles. The van der Waals surface area contributed by atoms with Crippen LogP contribution in [0.1, 0.15) is 37.8 Å². The molecule has 0 saturated carbocycles. The first-order chi connectivity index (χ1) is 13.6. The first-order valence-corrected chi connectivity index (χ1v) is 10.2. The highest BCUT2D eigenvalue weighted by Crippen LogP contribution is 2.19. The summed E-state index contributed by atoms with van der Waals surface area (Å²) >= 11 is 0. The van der Waals surface area contributed by atoms with Gasteiger partial charge in [0.1, 0.15) is 5.82 Å². The highest BCUT2D eigenvalue weighted by molar-refractivity contribution is 14.0. The fourth-order valence-electron chi connectivity index (χ4n) is 3.14. The van der Waals surface area contributed by atoms with Gasteiger partial charge in [-0.3, -0.25) is 4.99 Å². The van der Waals surface area contributed by atoms with Gasteiger partial charge in [0.2, 0.25) is 0 Å². The molecule has 1 aliphatic heterocycles. The second-order valence-electron chi connectivity index (χ2n) is 7.24. The molecule has 166 valence electrons. The Labute approximate surface area is 191 Å². The summed E-state index contributed by atoms with van der Waals surface area (Å²) in [6.07, 6.45) is 3.44. The lowest BCUT2D eigenvalue weighted by molar-refractivity contribution is 0.0168. The molecule has 1 heterocycles. The van der Waals surface area contributed by atoms with E-state index in [9.17, 15) is 4.39 Å². The first-order valence-electron chi connectivity index (χ1n) is 10.2. The van der Waals surface area contributed by atoms with E-state index in [0.717, 1.165) is 50.5 Å². The molecule has 0 bridgehead atoms. The van der Waals surface area contributed by atoms with Gasteiger partial charge in [0, 0.05) is 26.3 Å². The molecule has 2 atom stereocenters. The van der Waals surface area contributed by atoms with Gasteiger partial charge in [-0.15, -0.1) is 24.0 Å². The minimum absolute atomic E-state index is 0. The number of benzene rings is 1. The van der Waals surface area contributed by atoms with E-state index in [4.69, 9.17) is 14.5 Å². The van der Waals surface area contributed by atoms with E-state index in [1.54, 1.807) is 0 Å². The van der Waals surface area contributed by atoms with Crippen molar-refractivity contribution >= 4 is 29.9 Å². The predicted molar refractivity (Wildman–Crippen MR) is 127 cm³/mol. The molecule has 1 aromatic rings. The largest absolute Gasteiger partial charge is 0.379 e. The summed E-state index contributed by atoms with van der Waals surface area (Å²) in [5.74, 6) is 0.567. The van der Waals surface area contributed by atoms with E-state index < -0.39 is 0 Å². The molecule has 29 heavy (non-hydrogen) atoms. The molecule has 0 radical (unpaired) electrons. The Bertz CT molecular complexity index is 581. The van der Waals surface area contributed by atoms with Gasteiger partial charge in [-0.2, -0.15) is 0 Å². The van der Waals surface area contributed by atoms with E-state index >= 15 is 0 Å². The number of nitrogens with one attached hydrogen (secondary N) is 2. The molecule has 0 aromatic heterocycles. The molecule has 6 nitrogen and oxygen atoms in total. The van der Waals surface area contributed by atoms with Crippen molar-refractivity contribution in [3.05, 3.63) is 35.6 Å². The molecule has 0 amide bonds. The van der Waals surface area contributed by atoms with Crippen LogP contribution in [0.25, 0.3) is 0 Å². The predicted octanol–water partition coefficient (Wildman–Crippen LogP) is 3.19. The quantitative estimate of drug-likeness (QED) is 0.203. The number of hydrogen-bond acceptors (Lipinski definition) is 4. The second kappa shape index (κ2) is 14.9. The lowest BCUT2D eigenvalue weighted by Gasteiger charge is -2.23. The van der Waals surface area contributed by atoms with Crippen LogP contribution >= 0.6 is 24.0 Å². The van der Waals surface area contributed by atoms with Gasteiger partial charge in [-0.1, -0.05) is 12.1 Å². The average Bonchev–Trinajstić information content (AvgIpc) is 3.19.